The standard InChI is InChI=1S/C14H16N2O2S/c1-19-14(7-8-14)13(18)15-11-9-16(12(11)17)10-5-3-2-4-6-10/h2-6,11H,7-9H2,1H3,(H,15,18)/t11-/m1/s1. The average molecular weight is 276 g/mol. The van der Waals surface area contributed by atoms with E-state index in [-0.39, 0.29) is 22.6 Å². The highest BCUT2D eigenvalue weighted by atomic mass is 32.2. The highest BCUT2D eigenvalue weighted by Gasteiger charge is 2.51. The molecular weight excluding hydrogens is 260 g/mol. The van der Waals surface area contributed by atoms with E-state index in [0.29, 0.717) is 6.54 Å². The average Bonchev–Trinajstić information content (AvgIpc) is 3.24. The summed E-state index contributed by atoms with van der Waals surface area (Å²) >= 11 is 1.58. The van der Waals surface area contributed by atoms with Crippen molar-refractivity contribution in [2.45, 2.75) is 23.6 Å². The highest BCUT2D eigenvalue weighted by Crippen LogP contribution is 2.47. The van der Waals surface area contributed by atoms with Crippen molar-refractivity contribution >= 4 is 29.3 Å². The highest BCUT2D eigenvalue weighted by molar-refractivity contribution is 8.01. The number of hydrogen-bond acceptors (Lipinski definition) is 3. The van der Waals surface area contributed by atoms with Crippen LogP contribution in [0.1, 0.15) is 12.8 Å². The molecule has 2 fully saturated rings. The molecule has 0 aromatic heterocycles. The molecule has 2 aliphatic rings. The number of anilines is 1. The number of carbonyl (C=O) groups is 2. The molecule has 5 heteroatoms. The third-order valence-electron chi connectivity index (χ3n) is 3.81. The molecule has 19 heavy (non-hydrogen) atoms. The number of β-lactam (4-membered cyclic amide) rings is 1. The Bertz CT molecular complexity index is 513. The van der Waals surface area contributed by atoms with Crippen LogP contribution in [0, 0.1) is 0 Å². The van der Waals surface area contributed by atoms with Crippen molar-refractivity contribution in [1.29, 1.82) is 0 Å². The van der Waals surface area contributed by atoms with Gasteiger partial charge in [-0.3, -0.25) is 9.59 Å². The summed E-state index contributed by atoms with van der Waals surface area (Å²) in [5.74, 6) is 0.00233. The lowest BCUT2D eigenvalue weighted by Crippen LogP contribution is -2.65. The van der Waals surface area contributed by atoms with Crippen LogP contribution in [-0.4, -0.2) is 35.4 Å². The minimum absolute atomic E-state index is 0.0172. The van der Waals surface area contributed by atoms with Gasteiger partial charge in [0.2, 0.25) is 5.91 Å². The van der Waals surface area contributed by atoms with Crippen LogP contribution < -0.4 is 10.2 Å². The van der Waals surface area contributed by atoms with Crippen molar-refractivity contribution in [2.75, 3.05) is 17.7 Å². The van der Waals surface area contributed by atoms with E-state index in [2.05, 4.69) is 5.32 Å². The molecule has 1 N–H and O–H groups in total. The fraction of sp³-hybridized carbons (Fsp3) is 0.429. The van der Waals surface area contributed by atoms with Gasteiger partial charge in [0.1, 0.15) is 6.04 Å². The Balaban J connectivity index is 1.59. The first kappa shape index (κ1) is 12.5. The van der Waals surface area contributed by atoms with Crippen molar-refractivity contribution in [3.63, 3.8) is 0 Å². The third kappa shape index (κ3) is 2.12. The van der Waals surface area contributed by atoms with Crippen LogP contribution in [0.15, 0.2) is 30.3 Å². The van der Waals surface area contributed by atoms with E-state index >= 15 is 0 Å². The molecule has 1 aromatic rings. The van der Waals surface area contributed by atoms with E-state index in [0.717, 1.165) is 18.5 Å². The Morgan fingerprint density at radius 3 is 2.58 bits per heavy atom. The summed E-state index contributed by atoms with van der Waals surface area (Å²) in [5.41, 5.74) is 0.893. The number of rotatable bonds is 4. The topological polar surface area (TPSA) is 49.4 Å². The summed E-state index contributed by atoms with van der Waals surface area (Å²) in [4.78, 5) is 25.8. The maximum absolute atomic E-state index is 12.0. The van der Waals surface area contributed by atoms with Crippen LogP contribution in [0.25, 0.3) is 0 Å². The number of nitrogens with zero attached hydrogens (tertiary/aromatic N) is 1. The van der Waals surface area contributed by atoms with Crippen molar-refractivity contribution in [3.8, 4) is 0 Å². The summed E-state index contributed by atoms with van der Waals surface area (Å²) in [6, 6.07) is 9.18. The summed E-state index contributed by atoms with van der Waals surface area (Å²) in [6.07, 6.45) is 3.79. The molecule has 0 bridgehead atoms. The Kier molecular flexibility index (Phi) is 3.01. The number of nitrogens with one attached hydrogen (secondary N) is 1. The van der Waals surface area contributed by atoms with E-state index in [4.69, 9.17) is 0 Å². The lowest BCUT2D eigenvalue weighted by atomic mass is 10.1. The van der Waals surface area contributed by atoms with E-state index in [1.54, 1.807) is 16.7 Å². The van der Waals surface area contributed by atoms with Gasteiger partial charge in [-0.1, -0.05) is 18.2 Å². The molecule has 0 radical (unpaired) electrons. The van der Waals surface area contributed by atoms with Gasteiger partial charge >= 0.3 is 0 Å². The smallest absolute Gasteiger partial charge is 0.251 e. The second-order valence-electron chi connectivity index (χ2n) is 5.01. The van der Waals surface area contributed by atoms with Crippen molar-refractivity contribution in [2.24, 2.45) is 0 Å². The molecule has 3 rings (SSSR count). The maximum Gasteiger partial charge on any atom is 0.251 e. The van der Waals surface area contributed by atoms with E-state index in [1.165, 1.54) is 0 Å². The first-order valence-electron chi connectivity index (χ1n) is 6.39. The minimum Gasteiger partial charge on any atom is -0.341 e. The van der Waals surface area contributed by atoms with Gasteiger partial charge in [-0.15, -0.1) is 11.8 Å². The van der Waals surface area contributed by atoms with E-state index < -0.39 is 0 Å². The Hall–Kier alpha value is -1.49. The van der Waals surface area contributed by atoms with Crippen LogP contribution in [-0.2, 0) is 9.59 Å². The van der Waals surface area contributed by atoms with Gasteiger partial charge in [0, 0.05) is 5.69 Å². The summed E-state index contributed by atoms with van der Waals surface area (Å²) in [7, 11) is 0. The Morgan fingerprint density at radius 2 is 2.05 bits per heavy atom. The quantitative estimate of drug-likeness (QED) is 0.846. The van der Waals surface area contributed by atoms with Crippen LogP contribution in [0.3, 0.4) is 0 Å². The van der Waals surface area contributed by atoms with Crippen molar-refractivity contribution in [1.82, 2.24) is 5.32 Å². The van der Waals surface area contributed by atoms with Crippen LogP contribution >= 0.6 is 11.8 Å². The fourth-order valence-corrected chi connectivity index (χ4v) is 3.06. The lowest BCUT2D eigenvalue weighted by Gasteiger charge is -2.39. The predicted molar refractivity (Wildman–Crippen MR) is 76.2 cm³/mol. The minimum atomic E-state index is -0.350. The first-order valence-corrected chi connectivity index (χ1v) is 7.61. The van der Waals surface area contributed by atoms with E-state index in [1.807, 2.05) is 36.6 Å². The Labute approximate surface area is 116 Å². The molecule has 0 spiro atoms. The molecule has 1 aliphatic carbocycles. The second kappa shape index (κ2) is 4.56. The summed E-state index contributed by atoms with van der Waals surface area (Å²) in [6.45, 7) is 0.568. The molecule has 1 heterocycles. The van der Waals surface area contributed by atoms with Crippen LogP contribution in [0.2, 0.25) is 0 Å². The monoisotopic (exact) mass is 276 g/mol. The van der Waals surface area contributed by atoms with Crippen LogP contribution in [0.5, 0.6) is 0 Å². The fourth-order valence-electron chi connectivity index (χ4n) is 2.30. The number of thioether (sulfide) groups is 1. The third-order valence-corrected chi connectivity index (χ3v) is 5.19. The molecule has 1 atom stereocenters. The van der Waals surface area contributed by atoms with Crippen LogP contribution in [0.4, 0.5) is 5.69 Å². The van der Waals surface area contributed by atoms with Gasteiger partial charge in [0.15, 0.2) is 0 Å². The Morgan fingerprint density at radius 1 is 1.37 bits per heavy atom. The number of para-hydroxylation sites is 1. The van der Waals surface area contributed by atoms with Gasteiger partial charge in [0.25, 0.3) is 5.91 Å². The molecule has 1 saturated heterocycles. The molecule has 4 nitrogen and oxygen atoms in total. The van der Waals surface area contributed by atoms with Gasteiger partial charge in [-0.25, -0.2) is 0 Å². The largest absolute Gasteiger partial charge is 0.341 e. The van der Waals surface area contributed by atoms with Crippen molar-refractivity contribution < 1.29 is 9.59 Å². The first-order chi connectivity index (χ1) is 9.16. The predicted octanol–water partition coefficient (Wildman–Crippen LogP) is 1.41. The van der Waals surface area contributed by atoms with Gasteiger partial charge in [-0.2, -0.15) is 0 Å². The zero-order valence-corrected chi connectivity index (χ0v) is 11.6. The summed E-state index contributed by atoms with van der Waals surface area (Å²) < 4.78 is -0.257. The molecule has 1 aliphatic heterocycles. The zero-order chi connectivity index (χ0) is 13.5. The normalized spacial score (nSPS) is 23.7. The number of benzene rings is 1. The molecule has 1 saturated carbocycles. The lowest BCUT2D eigenvalue weighted by molar-refractivity contribution is -0.130. The zero-order valence-electron chi connectivity index (χ0n) is 10.8. The van der Waals surface area contributed by atoms with Gasteiger partial charge in [-0.05, 0) is 31.2 Å². The number of carbonyl (C=O) groups excluding carboxylic acids is 2. The molecular formula is C14H16N2O2S. The summed E-state index contributed by atoms with van der Waals surface area (Å²) in [5, 5.41) is 2.87. The number of amides is 2. The van der Waals surface area contributed by atoms with Crippen molar-refractivity contribution in [3.05, 3.63) is 30.3 Å². The van der Waals surface area contributed by atoms with E-state index in [9.17, 15) is 9.59 Å². The van der Waals surface area contributed by atoms with Gasteiger partial charge in [0.05, 0.1) is 11.3 Å². The molecule has 1 aromatic carbocycles. The molecule has 0 unspecified atom stereocenters. The molecule has 2 amide bonds. The number of hydrogen-bond donors (Lipinski definition) is 1. The molecule has 100 valence electrons. The SMILES string of the molecule is CSC1(C(=O)N[C@@H]2CN(c3ccccc3)C2=O)CC1. The van der Waals surface area contributed by atoms with Gasteiger partial charge < -0.3 is 10.2 Å². The second-order valence-corrected chi connectivity index (χ2v) is 6.20. The maximum atomic E-state index is 12.0.